The van der Waals surface area contributed by atoms with Gasteiger partial charge in [0, 0.05) is 33.1 Å². The second kappa shape index (κ2) is 6.60. The Morgan fingerprint density at radius 2 is 1.90 bits per heavy atom. The van der Waals surface area contributed by atoms with E-state index in [-0.39, 0.29) is 16.6 Å². The fourth-order valence-electron chi connectivity index (χ4n) is 6.79. The van der Waals surface area contributed by atoms with Crippen LogP contribution in [0.25, 0.3) is 0 Å². The van der Waals surface area contributed by atoms with E-state index in [0.29, 0.717) is 28.8 Å². The number of thioether (sulfide) groups is 1. The maximum Gasteiger partial charge on any atom is 0.178 e. The molecule has 1 aromatic rings. The molecule has 0 saturated heterocycles. The van der Waals surface area contributed by atoms with Crippen molar-refractivity contribution in [3.8, 4) is 0 Å². The van der Waals surface area contributed by atoms with Gasteiger partial charge in [-0.2, -0.15) is 0 Å². The first kappa shape index (κ1) is 19.2. The first-order chi connectivity index (χ1) is 13.8. The van der Waals surface area contributed by atoms with E-state index in [1.807, 2.05) is 36.0 Å². The number of ketones is 2. The Bertz CT molecular complexity index is 950. The molecule has 0 amide bonds. The molecule has 3 saturated carbocycles. The van der Waals surface area contributed by atoms with E-state index >= 15 is 0 Å². The molecular weight excluding hydrogens is 378 g/mol. The summed E-state index contributed by atoms with van der Waals surface area (Å²) in [5.74, 6) is 1.93. The van der Waals surface area contributed by atoms with Crippen molar-refractivity contribution in [2.45, 2.75) is 56.1 Å². The first-order valence-electron chi connectivity index (χ1n) is 10.8. The van der Waals surface area contributed by atoms with Crippen LogP contribution in [-0.2, 0) is 9.59 Å². The standard InChI is InChI=1S/C25H29NO2S/c1-24-11-9-16(27)13-15(24)14-21(29-20-6-4-3-5-19(20)26)23-17-7-8-22(28)25(17,2)12-10-18(23)24/h3-6,9,11,13,17-18,21,23H,7-8,10,12,14,26H2,1-2H3/t17-,18-,21+,23-,24-,25-/m0/s1. The van der Waals surface area contributed by atoms with Crippen molar-refractivity contribution in [3.05, 3.63) is 48.1 Å². The predicted molar refractivity (Wildman–Crippen MR) is 118 cm³/mol. The lowest BCUT2D eigenvalue weighted by Crippen LogP contribution is -2.54. The maximum absolute atomic E-state index is 12.8. The van der Waals surface area contributed by atoms with Crippen molar-refractivity contribution >= 4 is 29.0 Å². The van der Waals surface area contributed by atoms with Crippen LogP contribution in [0.4, 0.5) is 5.69 Å². The molecule has 3 fully saturated rings. The fourth-order valence-corrected chi connectivity index (χ4v) is 8.27. The Hall–Kier alpha value is -1.81. The van der Waals surface area contributed by atoms with Crippen LogP contribution in [0.1, 0.15) is 46.0 Å². The van der Waals surface area contributed by atoms with Crippen LogP contribution in [0, 0.1) is 28.6 Å². The predicted octanol–water partition coefficient (Wildman–Crippen LogP) is 5.22. The normalized spacial score (nSPS) is 40.8. The molecule has 0 aromatic heterocycles. The number of hydrogen-bond donors (Lipinski definition) is 1. The molecule has 152 valence electrons. The van der Waals surface area contributed by atoms with Crippen molar-refractivity contribution in [2.75, 3.05) is 5.73 Å². The SMILES string of the molecule is C[C@]12C=CC(=O)C=C1C[C@@H](Sc1ccccc1N)[C@@H]1[C@@H]2CC[C@]2(C)C(=O)CC[C@@H]12. The number of carbonyl (C=O) groups excluding carboxylic acids is 2. The molecular formula is C25H29NO2S. The number of nitrogens with two attached hydrogens (primary N) is 1. The number of Topliss-reactive ketones (excluding diaryl/α,β-unsaturated/α-hetero) is 1. The summed E-state index contributed by atoms with van der Waals surface area (Å²) < 4.78 is 0. The molecule has 0 radical (unpaired) electrons. The molecule has 2 N–H and O–H groups in total. The van der Waals surface area contributed by atoms with Gasteiger partial charge in [-0.05, 0) is 67.7 Å². The van der Waals surface area contributed by atoms with E-state index < -0.39 is 0 Å². The van der Waals surface area contributed by atoms with E-state index in [2.05, 4.69) is 26.0 Å². The van der Waals surface area contributed by atoms with Crippen LogP contribution in [0.3, 0.4) is 0 Å². The molecule has 6 atom stereocenters. The van der Waals surface area contributed by atoms with Gasteiger partial charge < -0.3 is 5.73 Å². The molecule has 3 nitrogen and oxygen atoms in total. The second-order valence-electron chi connectivity index (χ2n) is 9.79. The summed E-state index contributed by atoms with van der Waals surface area (Å²) in [5, 5.41) is 0.346. The van der Waals surface area contributed by atoms with Gasteiger partial charge in [-0.3, -0.25) is 9.59 Å². The highest BCUT2D eigenvalue weighted by Gasteiger charge is 2.61. The van der Waals surface area contributed by atoms with E-state index in [0.717, 1.165) is 42.7 Å². The Morgan fingerprint density at radius 3 is 2.69 bits per heavy atom. The van der Waals surface area contributed by atoms with Crippen LogP contribution < -0.4 is 5.73 Å². The van der Waals surface area contributed by atoms with Crippen molar-refractivity contribution < 1.29 is 9.59 Å². The third-order valence-electron chi connectivity index (χ3n) is 8.46. The number of carbonyl (C=O) groups is 2. The van der Waals surface area contributed by atoms with Crippen LogP contribution in [0.5, 0.6) is 0 Å². The highest BCUT2D eigenvalue weighted by atomic mass is 32.2. The Kier molecular flexibility index (Phi) is 4.36. The van der Waals surface area contributed by atoms with Crippen LogP contribution in [0.15, 0.2) is 53.0 Å². The Morgan fingerprint density at radius 1 is 1.10 bits per heavy atom. The highest BCUT2D eigenvalue weighted by Crippen LogP contribution is 2.65. The number of nitrogen functional groups attached to an aromatic ring is 1. The highest BCUT2D eigenvalue weighted by molar-refractivity contribution is 8.00. The maximum atomic E-state index is 12.8. The monoisotopic (exact) mass is 407 g/mol. The number of rotatable bonds is 2. The van der Waals surface area contributed by atoms with Crippen molar-refractivity contribution in [1.82, 2.24) is 0 Å². The lowest BCUT2D eigenvalue weighted by molar-refractivity contribution is -0.131. The lowest BCUT2D eigenvalue weighted by atomic mass is 9.48. The van der Waals surface area contributed by atoms with Gasteiger partial charge in [-0.15, -0.1) is 11.8 Å². The number of benzene rings is 1. The average molecular weight is 408 g/mol. The molecule has 4 aliphatic rings. The molecule has 0 bridgehead atoms. The molecule has 5 rings (SSSR count). The summed E-state index contributed by atoms with van der Waals surface area (Å²) in [6, 6.07) is 8.08. The Balaban J connectivity index is 1.58. The summed E-state index contributed by atoms with van der Waals surface area (Å²) in [6.07, 6.45) is 10.5. The number of anilines is 1. The van der Waals surface area contributed by atoms with E-state index in [1.54, 1.807) is 6.08 Å². The van der Waals surface area contributed by atoms with E-state index in [4.69, 9.17) is 5.73 Å². The summed E-state index contributed by atoms with van der Waals surface area (Å²) in [4.78, 5) is 26.1. The number of para-hydroxylation sites is 1. The van der Waals surface area contributed by atoms with Gasteiger partial charge in [-0.1, -0.05) is 37.6 Å². The minimum Gasteiger partial charge on any atom is -0.398 e. The van der Waals surface area contributed by atoms with E-state index in [9.17, 15) is 9.59 Å². The van der Waals surface area contributed by atoms with Crippen molar-refractivity contribution in [3.63, 3.8) is 0 Å². The molecule has 0 spiro atoms. The third kappa shape index (κ3) is 2.78. The fraction of sp³-hybridized carbons (Fsp3) is 0.520. The van der Waals surface area contributed by atoms with Gasteiger partial charge in [0.25, 0.3) is 0 Å². The van der Waals surface area contributed by atoms with Crippen LogP contribution in [0.2, 0.25) is 0 Å². The number of allylic oxidation sites excluding steroid dienone is 4. The topological polar surface area (TPSA) is 60.2 Å². The van der Waals surface area contributed by atoms with Gasteiger partial charge in [0.2, 0.25) is 0 Å². The second-order valence-corrected chi connectivity index (χ2v) is 11.1. The molecule has 4 heteroatoms. The summed E-state index contributed by atoms with van der Waals surface area (Å²) in [7, 11) is 0. The summed E-state index contributed by atoms with van der Waals surface area (Å²) in [5.41, 5.74) is 8.13. The van der Waals surface area contributed by atoms with Gasteiger partial charge >= 0.3 is 0 Å². The molecule has 0 aliphatic heterocycles. The van der Waals surface area contributed by atoms with Crippen molar-refractivity contribution in [1.29, 1.82) is 0 Å². The molecule has 1 aromatic carbocycles. The van der Waals surface area contributed by atoms with Crippen molar-refractivity contribution in [2.24, 2.45) is 28.6 Å². The van der Waals surface area contributed by atoms with E-state index in [1.165, 1.54) is 5.57 Å². The molecule has 4 aliphatic carbocycles. The lowest BCUT2D eigenvalue weighted by Gasteiger charge is -2.58. The number of fused-ring (bicyclic) bond motifs is 5. The largest absolute Gasteiger partial charge is 0.398 e. The third-order valence-corrected chi connectivity index (χ3v) is 9.87. The quantitative estimate of drug-likeness (QED) is 0.683. The average Bonchev–Trinajstić information content (AvgIpc) is 3.00. The first-order valence-corrected chi connectivity index (χ1v) is 11.7. The van der Waals surface area contributed by atoms with Gasteiger partial charge in [0.1, 0.15) is 5.78 Å². The molecule has 0 unspecified atom stereocenters. The van der Waals surface area contributed by atoms with Gasteiger partial charge in [0.15, 0.2) is 5.78 Å². The Labute approximate surface area is 177 Å². The zero-order valence-electron chi connectivity index (χ0n) is 17.2. The number of hydrogen-bond acceptors (Lipinski definition) is 4. The smallest absolute Gasteiger partial charge is 0.178 e. The van der Waals surface area contributed by atoms with Crippen LogP contribution in [-0.4, -0.2) is 16.8 Å². The van der Waals surface area contributed by atoms with Crippen LogP contribution >= 0.6 is 11.8 Å². The van der Waals surface area contributed by atoms with Gasteiger partial charge in [-0.25, -0.2) is 0 Å². The summed E-state index contributed by atoms with van der Waals surface area (Å²) in [6.45, 7) is 4.53. The molecule has 29 heavy (non-hydrogen) atoms. The minimum absolute atomic E-state index is 0.0646. The molecule has 0 heterocycles. The van der Waals surface area contributed by atoms with Gasteiger partial charge in [0.05, 0.1) is 0 Å². The zero-order chi connectivity index (χ0) is 20.4. The zero-order valence-corrected chi connectivity index (χ0v) is 18.0. The minimum atomic E-state index is -0.173. The summed E-state index contributed by atoms with van der Waals surface area (Å²) >= 11 is 1.87.